The molecule has 2 aliphatic rings. The van der Waals surface area contributed by atoms with Gasteiger partial charge in [-0.1, -0.05) is 0 Å². The smallest absolute Gasteiger partial charge is 0.268 e. The van der Waals surface area contributed by atoms with Gasteiger partial charge in [-0.25, -0.2) is 4.98 Å². The van der Waals surface area contributed by atoms with E-state index >= 15 is 0 Å². The Morgan fingerprint density at radius 1 is 1.11 bits per heavy atom. The summed E-state index contributed by atoms with van der Waals surface area (Å²) in [6, 6.07) is 4.07. The SMILES string of the molecule is O=C([O-])[C@H](O)COP(=O)([O-])OC[C@@H](O)[C@@H](O)[C@@H](O)Cn1c2cc(=O)ccc-2cc2c(=O)[nH]c([O-])nc21. The summed E-state index contributed by atoms with van der Waals surface area (Å²) in [5, 5.41) is 61.9. The first-order chi connectivity index (χ1) is 16.8. The molecule has 0 bridgehead atoms. The van der Waals surface area contributed by atoms with E-state index in [1.807, 2.05) is 4.98 Å². The van der Waals surface area contributed by atoms with E-state index in [-0.39, 0.29) is 16.7 Å². The highest BCUT2D eigenvalue weighted by molar-refractivity contribution is 7.45. The number of fused-ring (bicyclic) bond motifs is 2. The van der Waals surface area contributed by atoms with Gasteiger partial charge < -0.3 is 58.9 Å². The molecule has 0 saturated carbocycles. The Hall–Kier alpha value is -3.21. The third kappa shape index (κ3) is 6.31. The first-order valence-corrected chi connectivity index (χ1v) is 11.5. The summed E-state index contributed by atoms with van der Waals surface area (Å²) in [6.07, 6.45) is -8.26. The van der Waals surface area contributed by atoms with Crippen LogP contribution in [0, 0.1) is 0 Å². The first kappa shape index (κ1) is 27.4. The average Bonchev–Trinajstić information content (AvgIpc) is 2.81. The maximum absolute atomic E-state index is 12.2. The van der Waals surface area contributed by atoms with Crippen LogP contribution >= 0.6 is 7.82 Å². The monoisotopic (exact) mass is 528 g/mol. The molecule has 0 amide bonds. The van der Waals surface area contributed by atoms with Gasteiger partial charge in [-0.05, 0) is 23.8 Å². The summed E-state index contributed by atoms with van der Waals surface area (Å²) in [6.45, 7) is -2.99. The van der Waals surface area contributed by atoms with Crippen molar-refractivity contribution in [3.8, 4) is 17.3 Å². The third-order valence-electron chi connectivity index (χ3n) is 4.99. The summed E-state index contributed by atoms with van der Waals surface area (Å²) in [5.41, 5.74) is -1.01. The lowest BCUT2D eigenvalue weighted by Gasteiger charge is -2.29. The summed E-state index contributed by atoms with van der Waals surface area (Å²) >= 11 is 0. The number of nitrogens with zero attached hydrogens (tertiary/aromatic N) is 2. The Labute approximate surface area is 200 Å². The molecular formula is C19H19N3O13P-3. The molecule has 5 atom stereocenters. The number of rotatable bonds is 11. The molecular weight excluding hydrogens is 509 g/mol. The van der Waals surface area contributed by atoms with Crippen molar-refractivity contribution >= 4 is 24.8 Å². The number of carbonyl (C=O) groups excluding carboxylic acids is 1. The molecule has 1 unspecified atom stereocenters. The number of pyridine rings is 1. The van der Waals surface area contributed by atoms with Crippen LogP contribution in [0.1, 0.15) is 0 Å². The minimum atomic E-state index is -5.23. The number of H-pyrrole nitrogens is 1. The van der Waals surface area contributed by atoms with Crippen molar-refractivity contribution in [2.45, 2.75) is 31.0 Å². The predicted octanol–water partition coefficient (Wildman–Crippen LogP) is -5.04. The Kier molecular flexibility index (Phi) is 8.22. The highest BCUT2D eigenvalue weighted by Crippen LogP contribution is 2.38. The third-order valence-corrected chi connectivity index (χ3v) is 5.92. The molecule has 0 spiro atoms. The lowest BCUT2D eigenvalue weighted by molar-refractivity contribution is -0.316. The van der Waals surface area contributed by atoms with Crippen LogP contribution in [0.4, 0.5) is 0 Å². The number of carbonyl (C=O) groups is 1. The van der Waals surface area contributed by atoms with Gasteiger partial charge in [-0.2, -0.15) is 0 Å². The van der Waals surface area contributed by atoms with Crippen molar-refractivity contribution in [3.63, 3.8) is 0 Å². The molecule has 3 rings (SSSR count). The van der Waals surface area contributed by atoms with Crippen LogP contribution in [0.3, 0.4) is 0 Å². The number of aliphatic carboxylic acids is 1. The number of benzene rings is 1. The number of phosphoric ester groups is 1. The zero-order chi connectivity index (χ0) is 26.8. The molecule has 1 aromatic heterocycles. The van der Waals surface area contributed by atoms with Crippen LogP contribution < -0.4 is 26.1 Å². The van der Waals surface area contributed by atoms with Gasteiger partial charge in [0.05, 0.1) is 42.8 Å². The van der Waals surface area contributed by atoms with E-state index in [2.05, 4.69) is 14.0 Å². The zero-order valence-electron chi connectivity index (χ0n) is 18.0. The van der Waals surface area contributed by atoms with Gasteiger partial charge in [-0.3, -0.25) is 14.2 Å². The maximum Gasteiger partial charge on any atom is 0.268 e. The Morgan fingerprint density at radius 3 is 2.44 bits per heavy atom. The second kappa shape index (κ2) is 10.8. The number of carboxylic acid groups (broad SMARTS) is 1. The zero-order valence-corrected chi connectivity index (χ0v) is 18.9. The van der Waals surface area contributed by atoms with Gasteiger partial charge in [0.15, 0.2) is 5.43 Å². The quantitative estimate of drug-likeness (QED) is 0.115. The van der Waals surface area contributed by atoms with Crippen LogP contribution in [0.15, 0.2) is 33.9 Å². The van der Waals surface area contributed by atoms with Crippen molar-refractivity contribution in [3.05, 3.63) is 44.8 Å². The standard InChI is InChI=1S/C19H22N3O13P/c23-9-2-1-8-3-10-16(20-19(31)21-17(10)28)22(11(8)4-9)5-12(24)15(27)13(25)6-34-36(32,33)35-7-14(26)18(29)30/h1-4,12-15,24-27H,5-7H2,(H,29,30)(H,32,33)(H2,20,21,28,31)/p-3/t12-,13+,14+,15-/m0/s1. The van der Waals surface area contributed by atoms with Gasteiger partial charge in [0, 0.05) is 6.07 Å². The number of aromatic amines is 1. The van der Waals surface area contributed by atoms with E-state index in [0.29, 0.717) is 5.56 Å². The molecule has 196 valence electrons. The number of hydrogen-bond donors (Lipinski definition) is 5. The van der Waals surface area contributed by atoms with Crippen molar-refractivity contribution in [2.24, 2.45) is 0 Å². The van der Waals surface area contributed by atoms with Crippen molar-refractivity contribution in [2.75, 3.05) is 13.2 Å². The molecule has 1 aliphatic heterocycles. The van der Waals surface area contributed by atoms with Crippen LogP contribution in [0.2, 0.25) is 0 Å². The van der Waals surface area contributed by atoms with Crippen molar-refractivity contribution in [1.29, 1.82) is 0 Å². The number of carboxylic acids is 1. The molecule has 0 radical (unpaired) electrons. The molecule has 0 saturated heterocycles. The van der Waals surface area contributed by atoms with Gasteiger partial charge in [0.2, 0.25) is 0 Å². The lowest BCUT2D eigenvalue weighted by Crippen LogP contribution is -2.42. The second-order valence-corrected chi connectivity index (χ2v) is 8.99. The Bertz CT molecular complexity index is 1390. The first-order valence-electron chi connectivity index (χ1n) is 10.1. The lowest BCUT2D eigenvalue weighted by atomic mass is 10.0. The molecule has 16 nitrogen and oxygen atoms in total. The summed E-state index contributed by atoms with van der Waals surface area (Å²) in [4.78, 5) is 51.8. The van der Waals surface area contributed by atoms with Crippen LogP contribution in [-0.4, -0.2) is 78.6 Å². The maximum atomic E-state index is 12.2. The van der Waals surface area contributed by atoms with Crippen molar-refractivity contribution in [1.82, 2.24) is 14.5 Å². The van der Waals surface area contributed by atoms with Gasteiger partial charge >= 0.3 is 0 Å². The fourth-order valence-electron chi connectivity index (χ4n) is 3.20. The van der Waals surface area contributed by atoms with E-state index in [9.17, 15) is 49.4 Å². The van der Waals surface area contributed by atoms with Crippen LogP contribution in [0.5, 0.6) is 6.01 Å². The second-order valence-electron chi connectivity index (χ2n) is 7.58. The largest absolute Gasteiger partial charge is 0.846 e. The summed E-state index contributed by atoms with van der Waals surface area (Å²) < 4.78 is 21.2. The predicted molar refractivity (Wildman–Crippen MR) is 111 cm³/mol. The summed E-state index contributed by atoms with van der Waals surface area (Å²) in [5.74, 6) is -2.00. The molecule has 2 heterocycles. The molecule has 36 heavy (non-hydrogen) atoms. The Morgan fingerprint density at radius 2 is 1.78 bits per heavy atom. The molecule has 0 aromatic carbocycles. The minimum Gasteiger partial charge on any atom is -0.846 e. The molecule has 17 heteroatoms. The minimum absolute atomic E-state index is 0.0745. The number of nitrogens with one attached hydrogen (secondary N) is 1. The van der Waals surface area contributed by atoms with E-state index in [1.165, 1.54) is 18.2 Å². The van der Waals surface area contributed by atoms with Crippen LogP contribution in [-0.2, 0) is 25.0 Å². The molecule has 1 aliphatic carbocycles. The Balaban J connectivity index is 1.80. The average molecular weight is 528 g/mol. The summed E-state index contributed by atoms with van der Waals surface area (Å²) in [7, 11) is -5.23. The van der Waals surface area contributed by atoms with E-state index in [4.69, 9.17) is 5.11 Å². The van der Waals surface area contributed by atoms with Gasteiger partial charge in [-0.15, -0.1) is 0 Å². The number of aliphatic hydroxyl groups is 4. The van der Waals surface area contributed by atoms with E-state index in [0.717, 1.165) is 10.6 Å². The van der Waals surface area contributed by atoms with E-state index < -0.39 is 75.0 Å². The number of aliphatic hydroxyl groups excluding tert-OH is 4. The highest BCUT2D eigenvalue weighted by Gasteiger charge is 2.28. The number of phosphoric acid groups is 1. The van der Waals surface area contributed by atoms with Gasteiger partial charge in [0.1, 0.15) is 30.1 Å². The van der Waals surface area contributed by atoms with Crippen LogP contribution in [0.25, 0.3) is 22.3 Å². The fourth-order valence-corrected chi connectivity index (χ4v) is 3.94. The number of aromatic nitrogens is 3. The normalized spacial score (nSPS) is 16.9. The fraction of sp³-hybridized carbons (Fsp3) is 0.368. The molecule has 0 fully saturated rings. The van der Waals surface area contributed by atoms with E-state index in [1.54, 1.807) is 0 Å². The molecule has 1 aromatic rings. The number of hydrogen-bond acceptors (Lipinski definition) is 14. The topological polar surface area (TPSA) is 270 Å². The van der Waals surface area contributed by atoms with Gasteiger partial charge in [0.25, 0.3) is 13.4 Å². The van der Waals surface area contributed by atoms with Crippen molar-refractivity contribution < 1.29 is 53.9 Å². The highest BCUT2D eigenvalue weighted by atomic mass is 31.2. The molecule has 5 N–H and O–H groups in total.